The van der Waals surface area contributed by atoms with Crippen molar-refractivity contribution in [2.45, 2.75) is 32.6 Å². The molecule has 0 radical (unpaired) electrons. The minimum Gasteiger partial charge on any atom is -0.356 e. The van der Waals surface area contributed by atoms with Crippen LogP contribution in [-0.4, -0.2) is 38.4 Å². The molecule has 8 nitrogen and oxygen atoms in total. The first kappa shape index (κ1) is 14.8. The number of aryl methyl sites for hydroxylation is 2. The van der Waals surface area contributed by atoms with Crippen LogP contribution in [-0.2, 0) is 0 Å². The highest BCUT2D eigenvalue weighted by Crippen LogP contribution is 2.29. The van der Waals surface area contributed by atoms with Gasteiger partial charge >= 0.3 is 0 Å². The van der Waals surface area contributed by atoms with Gasteiger partial charge in [0, 0.05) is 24.8 Å². The van der Waals surface area contributed by atoms with Crippen molar-refractivity contribution in [3.8, 4) is 11.5 Å². The standard InChI is InChI=1S/C16H18N6O2/c1-10-18-15(23-20-10)12-5-6-17-14(8-12)22-7-3-4-13(9-22)16-19-11(2)21-24-16/h5-6,8,13H,3-4,7,9H2,1-2H3. The Labute approximate surface area is 138 Å². The summed E-state index contributed by atoms with van der Waals surface area (Å²) in [5, 5.41) is 7.74. The zero-order valence-electron chi connectivity index (χ0n) is 13.6. The van der Waals surface area contributed by atoms with Gasteiger partial charge in [0.1, 0.15) is 5.82 Å². The van der Waals surface area contributed by atoms with Gasteiger partial charge in [0.25, 0.3) is 5.89 Å². The van der Waals surface area contributed by atoms with Gasteiger partial charge < -0.3 is 13.9 Å². The molecular formula is C16H18N6O2. The fourth-order valence-electron chi connectivity index (χ4n) is 3.00. The predicted octanol–water partition coefficient (Wildman–Crippen LogP) is 2.52. The minimum atomic E-state index is 0.232. The molecule has 1 atom stereocenters. The Hall–Kier alpha value is -2.77. The topological polar surface area (TPSA) is 94.0 Å². The summed E-state index contributed by atoms with van der Waals surface area (Å²) in [4.78, 5) is 15.4. The van der Waals surface area contributed by atoms with E-state index in [2.05, 4.69) is 30.2 Å². The van der Waals surface area contributed by atoms with Gasteiger partial charge in [-0.2, -0.15) is 9.97 Å². The van der Waals surface area contributed by atoms with Gasteiger partial charge in [-0.25, -0.2) is 4.98 Å². The van der Waals surface area contributed by atoms with Crippen molar-refractivity contribution < 1.29 is 9.05 Å². The Morgan fingerprint density at radius 2 is 1.96 bits per heavy atom. The van der Waals surface area contributed by atoms with Gasteiger partial charge in [-0.3, -0.25) is 0 Å². The molecule has 0 N–H and O–H groups in total. The average Bonchev–Trinajstić information content (AvgIpc) is 3.24. The molecule has 4 heterocycles. The van der Waals surface area contributed by atoms with Gasteiger partial charge in [-0.15, -0.1) is 0 Å². The van der Waals surface area contributed by atoms with Crippen LogP contribution in [0.5, 0.6) is 0 Å². The van der Waals surface area contributed by atoms with E-state index in [1.54, 1.807) is 13.1 Å². The van der Waals surface area contributed by atoms with Gasteiger partial charge in [0.15, 0.2) is 11.6 Å². The molecule has 24 heavy (non-hydrogen) atoms. The van der Waals surface area contributed by atoms with Gasteiger partial charge in [-0.05, 0) is 38.8 Å². The van der Waals surface area contributed by atoms with Crippen molar-refractivity contribution >= 4 is 5.82 Å². The lowest BCUT2D eigenvalue weighted by Gasteiger charge is -2.32. The Kier molecular flexibility index (Phi) is 3.72. The van der Waals surface area contributed by atoms with E-state index in [1.807, 2.05) is 19.1 Å². The van der Waals surface area contributed by atoms with E-state index in [0.717, 1.165) is 37.3 Å². The first-order valence-corrected chi connectivity index (χ1v) is 8.01. The maximum atomic E-state index is 5.34. The molecule has 0 aliphatic carbocycles. The van der Waals surface area contributed by atoms with Crippen LogP contribution in [0.2, 0.25) is 0 Å². The normalized spacial score (nSPS) is 18.1. The van der Waals surface area contributed by atoms with Crippen LogP contribution in [0.25, 0.3) is 11.5 Å². The molecule has 3 aromatic rings. The Morgan fingerprint density at radius 3 is 2.71 bits per heavy atom. The third-order valence-corrected chi connectivity index (χ3v) is 4.16. The summed E-state index contributed by atoms with van der Waals surface area (Å²) in [5.74, 6) is 3.64. The second-order valence-corrected chi connectivity index (χ2v) is 6.01. The SMILES string of the molecule is Cc1noc(-c2ccnc(N3CCCC(c4nc(C)no4)C3)c2)n1. The monoisotopic (exact) mass is 326 g/mol. The van der Waals surface area contributed by atoms with Gasteiger partial charge in [-0.1, -0.05) is 10.3 Å². The lowest BCUT2D eigenvalue weighted by molar-refractivity contribution is 0.331. The number of hydrogen-bond donors (Lipinski definition) is 0. The van der Waals surface area contributed by atoms with Crippen molar-refractivity contribution in [1.82, 2.24) is 25.3 Å². The molecule has 1 aliphatic rings. The molecule has 0 saturated carbocycles. The predicted molar refractivity (Wildman–Crippen MR) is 85.5 cm³/mol. The fraction of sp³-hybridized carbons (Fsp3) is 0.438. The van der Waals surface area contributed by atoms with E-state index in [0.29, 0.717) is 23.4 Å². The highest BCUT2D eigenvalue weighted by atomic mass is 16.5. The molecule has 1 fully saturated rings. The van der Waals surface area contributed by atoms with Gasteiger partial charge in [0.05, 0.1) is 5.92 Å². The molecule has 0 amide bonds. The molecule has 8 heteroatoms. The number of pyridine rings is 1. The smallest absolute Gasteiger partial charge is 0.258 e. The van der Waals surface area contributed by atoms with Crippen molar-refractivity contribution in [2.75, 3.05) is 18.0 Å². The highest BCUT2D eigenvalue weighted by molar-refractivity contribution is 5.58. The second kappa shape index (κ2) is 6.03. The van der Waals surface area contributed by atoms with Crippen LogP contribution >= 0.6 is 0 Å². The number of hydrogen-bond acceptors (Lipinski definition) is 8. The van der Waals surface area contributed by atoms with Crippen LogP contribution in [0.3, 0.4) is 0 Å². The van der Waals surface area contributed by atoms with E-state index >= 15 is 0 Å². The molecule has 0 bridgehead atoms. The maximum Gasteiger partial charge on any atom is 0.258 e. The Morgan fingerprint density at radius 1 is 1.12 bits per heavy atom. The van der Waals surface area contributed by atoms with E-state index in [9.17, 15) is 0 Å². The minimum absolute atomic E-state index is 0.232. The fourth-order valence-corrected chi connectivity index (χ4v) is 3.00. The van der Waals surface area contributed by atoms with Crippen molar-refractivity contribution in [1.29, 1.82) is 0 Å². The van der Waals surface area contributed by atoms with E-state index in [4.69, 9.17) is 9.05 Å². The van der Waals surface area contributed by atoms with Gasteiger partial charge in [0.2, 0.25) is 5.89 Å². The molecule has 4 rings (SSSR count). The second-order valence-electron chi connectivity index (χ2n) is 6.01. The largest absolute Gasteiger partial charge is 0.356 e. The summed E-state index contributed by atoms with van der Waals surface area (Å²) in [6.45, 7) is 5.39. The third-order valence-electron chi connectivity index (χ3n) is 4.16. The summed E-state index contributed by atoms with van der Waals surface area (Å²) in [5.41, 5.74) is 0.872. The quantitative estimate of drug-likeness (QED) is 0.724. The van der Waals surface area contributed by atoms with Crippen LogP contribution in [0, 0.1) is 13.8 Å². The summed E-state index contributed by atoms with van der Waals surface area (Å²) in [6, 6.07) is 3.85. The summed E-state index contributed by atoms with van der Waals surface area (Å²) < 4.78 is 10.6. The molecule has 1 saturated heterocycles. The number of rotatable bonds is 3. The first-order valence-electron chi connectivity index (χ1n) is 8.01. The molecule has 0 spiro atoms. The molecule has 1 aliphatic heterocycles. The Balaban J connectivity index is 1.57. The first-order chi connectivity index (χ1) is 11.7. The van der Waals surface area contributed by atoms with Crippen molar-refractivity contribution in [2.24, 2.45) is 0 Å². The van der Waals surface area contributed by atoms with Crippen molar-refractivity contribution in [3.05, 3.63) is 35.9 Å². The number of anilines is 1. The lowest BCUT2D eigenvalue weighted by atomic mass is 9.98. The van der Waals surface area contributed by atoms with Crippen molar-refractivity contribution in [3.63, 3.8) is 0 Å². The highest BCUT2D eigenvalue weighted by Gasteiger charge is 2.26. The van der Waals surface area contributed by atoms with E-state index in [-0.39, 0.29) is 5.92 Å². The number of piperidine rings is 1. The molecule has 3 aromatic heterocycles. The zero-order valence-corrected chi connectivity index (χ0v) is 13.6. The summed E-state index contributed by atoms with van der Waals surface area (Å²) >= 11 is 0. The zero-order chi connectivity index (χ0) is 16.5. The number of nitrogens with zero attached hydrogens (tertiary/aromatic N) is 6. The maximum absolute atomic E-state index is 5.34. The molecule has 1 unspecified atom stereocenters. The van der Waals surface area contributed by atoms with Crippen LogP contribution < -0.4 is 4.90 Å². The number of aromatic nitrogens is 5. The Bertz CT molecular complexity index is 842. The van der Waals surface area contributed by atoms with Crippen LogP contribution in [0.1, 0.15) is 36.3 Å². The van der Waals surface area contributed by atoms with Crippen LogP contribution in [0.15, 0.2) is 27.4 Å². The average molecular weight is 326 g/mol. The molecule has 0 aromatic carbocycles. The lowest BCUT2D eigenvalue weighted by Crippen LogP contribution is -2.35. The third kappa shape index (κ3) is 2.86. The summed E-state index contributed by atoms with van der Waals surface area (Å²) in [7, 11) is 0. The summed E-state index contributed by atoms with van der Waals surface area (Å²) in [6.07, 6.45) is 3.86. The van der Waals surface area contributed by atoms with Crippen LogP contribution in [0.4, 0.5) is 5.82 Å². The van der Waals surface area contributed by atoms with E-state index < -0.39 is 0 Å². The molecule has 124 valence electrons. The van der Waals surface area contributed by atoms with E-state index in [1.165, 1.54) is 0 Å². The molecular weight excluding hydrogens is 308 g/mol.